The lowest BCUT2D eigenvalue weighted by Gasteiger charge is -2.24. The molecule has 0 saturated heterocycles. The summed E-state index contributed by atoms with van der Waals surface area (Å²) in [7, 11) is 0. The molecule has 0 aliphatic heterocycles. The van der Waals surface area contributed by atoms with Gasteiger partial charge < -0.3 is 4.74 Å². The van der Waals surface area contributed by atoms with Crippen molar-refractivity contribution in [3.63, 3.8) is 0 Å². The van der Waals surface area contributed by atoms with Gasteiger partial charge in [0.1, 0.15) is 5.60 Å². The Hall–Kier alpha value is -2.09. The quantitative estimate of drug-likeness (QED) is 0.629. The summed E-state index contributed by atoms with van der Waals surface area (Å²) in [6, 6.07) is 10.0. The Bertz CT molecular complexity index is 752. The van der Waals surface area contributed by atoms with Crippen LogP contribution in [0.25, 0.3) is 22.9 Å². The van der Waals surface area contributed by atoms with Crippen molar-refractivity contribution in [3.05, 3.63) is 47.0 Å². The van der Waals surface area contributed by atoms with E-state index in [-0.39, 0.29) is 11.6 Å². The van der Waals surface area contributed by atoms with Gasteiger partial charge in [0.15, 0.2) is 0 Å². The third-order valence-electron chi connectivity index (χ3n) is 4.77. The van der Waals surface area contributed by atoms with Crippen LogP contribution in [-0.4, -0.2) is 11.6 Å². The fourth-order valence-corrected chi connectivity index (χ4v) is 3.60. The van der Waals surface area contributed by atoms with E-state index in [2.05, 4.69) is 25.1 Å². The Balaban J connectivity index is 1.76. The molecule has 0 heterocycles. The zero-order valence-electron chi connectivity index (χ0n) is 12.2. The molecule has 0 aromatic heterocycles. The lowest BCUT2D eigenvalue weighted by atomic mass is 9.99. The molecule has 2 nitrogen and oxygen atoms in total. The third-order valence-corrected chi connectivity index (χ3v) is 4.77. The van der Waals surface area contributed by atoms with E-state index in [9.17, 15) is 4.79 Å². The molecule has 106 valence electrons. The van der Waals surface area contributed by atoms with Gasteiger partial charge in [0.05, 0.1) is 5.56 Å². The number of hydrogen-bond acceptors (Lipinski definition) is 2. The first-order valence-electron chi connectivity index (χ1n) is 7.63. The third kappa shape index (κ3) is 1.98. The van der Waals surface area contributed by atoms with Crippen LogP contribution >= 0.6 is 0 Å². The summed E-state index contributed by atoms with van der Waals surface area (Å²) in [6.45, 7) is 2.06. The van der Waals surface area contributed by atoms with Gasteiger partial charge in [0.2, 0.25) is 0 Å². The van der Waals surface area contributed by atoms with Gasteiger partial charge in [-0.05, 0) is 60.6 Å². The van der Waals surface area contributed by atoms with Gasteiger partial charge >= 0.3 is 5.97 Å². The van der Waals surface area contributed by atoms with E-state index >= 15 is 0 Å². The highest BCUT2D eigenvalue weighted by Gasteiger charge is 2.33. The number of carbonyl (C=O) groups excluding carboxylic acids is 1. The van der Waals surface area contributed by atoms with Crippen molar-refractivity contribution in [1.29, 1.82) is 0 Å². The van der Waals surface area contributed by atoms with Gasteiger partial charge in [-0.25, -0.2) is 4.79 Å². The van der Waals surface area contributed by atoms with Crippen molar-refractivity contribution in [3.8, 4) is 0 Å². The van der Waals surface area contributed by atoms with E-state index in [1.807, 2.05) is 24.3 Å². The largest absolute Gasteiger partial charge is 0.456 e. The van der Waals surface area contributed by atoms with Crippen LogP contribution in [0.2, 0.25) is 0 Å². The molecule has 0 spiro atoms. The average molecular weight is 278 g/mol. The Morgan fingerprint density at radius 2 is 1.76 bits per heavy atom. The first-order chi connectivity index (χ1) is 10.2. The molecule has 2 aliphatic rings. The molecule has 0 unspecified atom stereocenters. The predicted octanol–water partition coefficient (Wildman–Crippen LogP) is 4.81. The van der Waals surface area contributed by atoms with Crippen LogP contribution in [0.4, 0.5) is 0 Å². The molecular weight excluding hydrogens is 260 g/mol. The van der Waals surface area contributed by atoms with Crippen LogP contribution in [0, 0.1) is 0 Å². The Kier molecular flexibility index (Phi) is 2.68. The smallest absolute Gasteiger partial charge is 0.339 e. The number of ether oxygens (including phenoxy) is 1. The molecular formula is C19H18O2. The highest BCUT2D eigenvalue weighted by atomic mass is 16.6. The fourth-order valence-electron chi connectivity index (χ4n) is 3.60. The summed E-state index contributed by atoms with van der Waals surface area (Å²) in [4.78, 5) is 12.6. The van der Waals surface area contributed by atoms with E-state index in [0.29, 0.717) is 5.56 Å². The fraction of sp³-hybridized carbons (Fsp3) is 0.316. The van der Waals surface area contributed by atoms with Gasteiger partial charge in [-0.15, -0.1) is 0 Å². The maximum Gasteiger partial charge on any atom is 0.339 e. The summed E-state index contributed by atoms with van der Waals surface area (Å²) < 4.78 is 5.83. The van der Waals surface area contributed by atoms with Crippen molar-refractivity contribution in [2.24, 2.45) is 0 Å². The van der Waals surface area contributed by atoms with Gasteiger partial charge in [0.25, 0.3) is 0 Å². The highest BCUT2D eigenvalue weighted by molar-refractivity contribution is 6.12. The first-order valence-corrected chi connectivity index (χ1v) is 7.63. The van der Waals surface area contributed by atoms with Crippen molar-refractivity contribution in [1.82, 2.24) is 0 Å². The van der Waals surface area contributed by atoms with Crippen molar-refractivity contribution >= 4 is 28.9 Å². The summed E-state index contributed by atoms with van der Waals surface area (Å²) >= 11 is 0. The number of benzene rings is 2. The second kappa shape index (κ2) is 4.45. The maximum absolute atomic E-state index is 12.6. The Morgan fingerprint density at radius 3 is 2.52 bits per heavy atom. The molecule has 0 bridgehead atoms. The highest BCUT2D eigenvalue weighted by Crippen LogP contribution is 2.36. The zero-order chi connectivity index (χ0) is 14.4. The number of esters is 1. The molecule has 4 rings (SSSR count). The van der Waals surface area contributed by atoms with Crippen LogP contribution in [0.5, 0.6) is 0 Å². The van der Waals surface area contributed by atoms with Gasteiger partial charge in [0, 0.05) is 0 Å². The van der Waals surface area contributed by atoms with E-state index in [1.54, 1.807) is 0 Å². The molecule has 2 aliphatic carbocycles. The molecule has 21 heavy (non-hydrogen) atoms. The second-order valence-corrected chi connectivity index (χ2v) is 6.35. The Morgan fingerprint density at radius 1 is 1.05 bits per heavy atom. The standard InChI is InChI=1S/C19H18O2/c1-19(11-2-3-12-19)21-18(20)16-10-9-14-8-7-13-5-4-6-15(16)17(13)14/h4-10H,2-3,11-12H2,1H3. The van der Waals surface area contributed by atoms with Crippen molar-refractivity contribution < 1.29 is 9.53 Å². The van der Waals surface area contributed by atoms with E-state index in [4.69, 9.17) is 4.74 Å². The number of hydrogen-bond donors (Lipinski definition) is 0. The van der Waals surface area contributed by atoms with Gasteiger partial charge in [-0.1, -0.05) is 36.4 Å². The maximum atomic E-state index is 12.6. The summed E-state index contributed by atoms with van der Waals surface area (Å²) in [6.07, 6.45) is 8.45. The van der Waals surface area contributed by atoms with Gasteiger partial charge in [-0.2, -0.15) is 0 Å². The minimum Gasteiger partial charge on any atom is -0.456 e. The number of rotatable bonds is 2. The molecule has 2 heteroatoms. The average Bonchev–Trinajstić information content (AvgIpc) is 3.08. The van der Waals surface area contributed by atoms with Crippen LogP contribution in [0.1, 0.15) is 54.1 Å². The van der Waals surface area contributed by atoms with Crippen LogP contribution in [0.3, 0.4) is 0 Å². The molecule has 0 radical (unpaired) electrons. The number of carbonyl (C=O) groups is 1. The molecule has 0 N–H and O–H groups in total. The van der Waals surface area contributed by atoms with E-state index in [0.717, 1.165) is 31.1 Å². The lowest BCUT2D eigenvalue weighted by molar-refractivity contribution is -0.00586. The predicted molar refractivity (Wildman–Crippen MR) is 85.2 cm³/mol. The molecule has 0 atom stereocenters. The normalized spacial score (nSPS) is 18.3. The molecule has 1 fully saturated rings. The van der Waals surface area contributed by atoms with Crippen molar-refractivity contribution in [2.45, 2.75) is 38.2 Å². The van der Waals surface area contributed by atoms with Gasteiger partial charge in [-0.3, -0.25) is 0 Å². The lowest BCUT2D eigenvalue weighted by Crippen LogP contribution is -2.28. The van der Waals surface area contributed by atoms with Crippen LogP contribution in [0.15, 0.2) is 30.3 Å². The summed E-state index contributed by atoms with van der Waals surface area (Å²) in [5.74, 6) is -0.185. The van der Waals surface area contributed by atoms with Crippen LogP contribution in [-0.2, 0) is 4.74 Å². The molecule has 2 aromatic carbocycles. The summed E-state index contributed by atoms with van der Waals surface area (Å²) in [5.41, 5.74) is 2.78. The van der Waals surface area contributed by atoms with E-state index in [1.165, 1.54) is 16.5 Å². The topological polar surface area (TPSA) is 26.3 Å². The molecule has 0 amide bonds. The SMILES string of the molecule is CC1(OC(=O)c2ccc3c4c(cccc24)C=C3)CCCC1. The minimum atomic E-state index is -0.280. The van der Waals surface area contributed by atoms with E-state index < -0.39 is 0 Å². The summed E-state index contributed by atoms with van der Waals surface area (Å²) in [5, 5.41) is 2.17. The monoisotopic (exact) mass is 278 g/mol. The minimum absolute atomic E-state index is 0.185. The second-order valence-electron chi connectivity index (χ2n) is 6.35. The zero-order valence-corrected chi connectivity index (χ0v) is 12.2. The first kappa shape index (κ1) is 12.6. The molecule has 2 aromatic rings. The molecule has 1 saturated carbocycles. The van der Waals surface area contributed by atoms with Crippen molar-refractivity contribution in [2.75, 3.05) is 0 Å². The Labute approximate surface area is 124 Å². The van der Waals surface area contributed by atoms with Crippen LogP contribution < -0.4 is 0 Å².